The predicted octanol–water partition coefficient (Wildman–Crippen LogP) is 2.59. The third kappa shape index (κ3) is 3.19. The van der Waals surface area contributed by atoms with Crippen LogP contribution in [0.25, 0.3) is 0 Å². The second-order valence-corrected chi connectivity index (χ2v) is 8.16. The van der Waals surface area contributed by atoms with E-state index in [1.165, 1.54) is 4.31 Å². The number of halogens is 2. The van der Waals surface area contributed by atoms with E-state index < -0.39 is 10.0 Å². The summed E-state index contributed by atoms with van der Waals surface area (Å²) in [5.74, 6) is 0. The third-order valence-corrected chi connectivity index (χ3v) is 6.92. The predicted molar refractivity (Wildman–Crippen MR) is 85.0 cm³/mol. The molecule has 5 nitrogen and oxygen atoms in total. The Hall–Kier alpha value is -0.150. The maximum absolute atomic E-state index is 12.8. The van der Waals surface area contributed by atoms with Crippen molar-refractivity contribution in [3.63, 3.8) is 0 Å². The van der Waals surface area contributed by atoms with Gasteiger partial charge in [-0.25, -0.2) is 8.42 Å². The van der Waals surface area contributed by atoms with Gasteiger partial charge in [0.15, 0.2) is 0 Å². The minimum Gasteiger partial charge on any atom is -0.399 e. The van der Waals surface area contributed by atoms with Crippen molar-refractivity contribution < 1.29 is 13.2 Å². The molecule has 1 aliphatic heterocycles. The lowest BCUT2D eigenvalue weighted by atomic mass is 10.2. The Balaban J connectivity index is 2.40. The second kappa shape index (κ2) is 6.31. The van der Waals surface area contributed by atoms with Crippen LogP contribution in [0.5, 0.6) is 0 Å². The molecule has 0 amide bonds. The highest BCUT2D eigenvalue weighted by Crippen LogP contribution is 2.35. The van der Waals surface area contributed by atoms with E-state index in [9.17, 15) is 8.42 Å². The fraction of sp³-hybridized carbons (Fsp3) is 0.500. The Morgan fingerprint density at radius 3 is 2.55 bits per heavy atom. The molecule has 1 atom stereocenters. The van der Waals surface area contributed by atoms with E-state index in [0.29, 0.717) is 34.3 Å². The van der Waals surface area contributed by atoms with Crippen molar-refractivity contribution in [1.82, 2.24) is 4.31 Å². The smallest absolute Gasteiger partial charge is 0.245 e. The van der Waals surface area contributed by atoms with Gasteiger partial charge in [0, 0.05) is 27.7 Å². The molecule has 0 aromatic heterocycles. The zero-order chi connectivity index (χ0) is 14.9. The van der Waals surface area contributed by atoms with Crippen LogP contribution in [0.15, 0.2) is 26.0 Å². The summed E-state index contributed by atoms with van der Waals surface area (Å²) >= 11 is 6.57. The van der Waals surface area contributed by atoms with Gasteiger partial charge in [0.05, 0.1) is 12.7 Å². The summed E-state index contributed by atoms with van der Waals surface area (Å²) in [5.41, 5.74) is 6.20. The van der Waals surface area contributed by atoms with Crippen molar-refractivity contribution in [3.05, 3.63) is 21.1 Å². The summed E-state index contributed by atoms with van der Waals surface area (Å²) in [6.45, 7) is 3.14. The van der Waals surface area contributed by atoms with Gasteiger partial charge < -0.3 is 10.5 Å². The number of anilines is 1. The molecule has 112 valence electrons. The summed E-state index contributed by atoms with van der Waals surface area (Å²) in [7, 11) is -3.58. The molecule has 1 aromatic rings. The molecule has 0 bridgehead atoms. The van der Waals surface area contributed by atoms with E-state index >= 15 is 0 Å². The first-order valence-electron chi connectivity index (χ1n) is 6.22. The van der Waals surface area contributed by atoms with E-state index in [-0.39, 0.29) is 11.0 Å². The fourth-order valence-corrected chi connectivity index (χ4v) is 6.11. The minimum atomic E-state index is -3.58. The number of ether oxygens (including phenoxy) is 1. The average Bonchev–Trinajstić information content (AvgIpc) is 2.37. The van der Waals surface area contributed by atoms with Crippen LogP contribution >= 0.6 is 31.9 Å². The lowest BCUT2D eigenvalue weighted by molar-refractivity contribution is -0.00280. The van der Waals surface area contributed by atoms with E-state index in [2.05, 4.69) is 31.9 Å². The van der Waals surface area contributed by atoms with Gasteiger partial charge >= 0.3 is 0 Å². The average molecular weight is 428 g/mol. The van der Waals surface area contributed by atoms with Gasteiger partial charge in [0.1, 0.15) is 4.90 Å². The van der Waals surface area contributed by atoms with Crippen LogP contribution in [0.4, 0.5) is 5.69 Å². The van der Waals surface area contributed by atoms with Gasteiger partial charge in [-0.1, -0.05) is 6.92 Å². The first-order chi connectivity index (χ1) is 9.36. The van der Waals surface area contributed by atoms with Gasteiger partial charge in [-0.15, -0.1) is 0 Å². The van der Waals surface area contributed by atoms with Gasteiger partial charge in [-0.2, -0.15) is 4.31 Å². The maximum atomic E-state index is 12.8. The van der Waals surface area contributed by atoms with Crippen molar-refractivity contribution in [2.45, 2.75) is 24.3 Å². The van der Waals surface area contributed by atoms with Crippen LogP contribution in [0.2, 0.25) is 0 Å². The molecule has 1 aromatic carbocycles. The van der Waals surface area contributed by atoms with Crippen LogP contribution < -0.4 is 5.73 Å². The van der Waals surface area contributed by atoms with Crippen LogP contribution in [-0.4, -0.2) is 38.5 Å². The van der Waals surface area contributed by atoms with Crippen LogP contribution in [0, 0.1) is 0 Å². The largest absolute Gasteiger partial charge is 0.399 e. The van der Waals surface area contributed by atoms with Crippen molar-refractivity contribution in [1.29, 1.82) is 0 Å². The van der Waals surface area contributed by atoms with Crippen LogP contribution in [0.1, 0.15) is 13.3 Å². The minimum absolute atomic E-state index is 0.0511. The number of sulfonamides is 1. The number of nitrogen functional groups attached to an aromatic ring is 1. The molecule has 0 aliphatic carbocycles. The molecule has 2 N–H and O–H groups in total. The summed E-state index contributed by atoms with van der Waals surface area (Å²) in [6.07, 6.45) is 0.737. The van der Waals surface area contributed by atoms with E-state index in [0.717, 1.165) is 6.42 Å². The lowest BCUT2D eigenvalue weighted by Gasteiger charge is -2.32. The number of nitrogens with zero attached hydrogens (tertiary/aromatic N) is 1. The summed E-state index contributed by atoms with van der Waals surface area (Å²) in [4.78, 5) is 0.212. The number of morpholine rings is 1. The standard InChI is InChI=1S/C12H16Br2N2O3S/c1-2-9-7-16(3-4-19-9)20(17,18)12-10(13)5-8(15)6-11(12)14/h5-6,9H,2-4,7,15H2,1H3. The van der Waals surface area contributed by atoms with Crippen LogP contribution in [0.3, 0.4) is 0 Å². The number of rotatable bonds is 3. The summed E-state index contributed by atoms with van der Waals surface area (Å²) in [6, 6.07) is 3.19. The van der Waals surface area contributed by atoms with Gasteiger partial charge in [-0.3, -0.25) is 0 Å². The number of benzene rings is 1. The first kappa shape index (κ1) is 16.2. The van der Waals surface area contributed by atoms with Crippen molar-refractivity contribution in [3.8, 4) is 0 Å². The number of hydrogen-bond donors (Lipinski definition) is 1. The van der Waals surface area contributed by atoms with Crippen molar-refractivity contribution in [2.75, 3.05) is 25.4 Å². The maximum Gasteiger partial charge on any atom is 0.245 e. The SMILES string of the molecule is CCC1CN(S(=O)(=O)c2c(Br)cc(N)cc2Br)CCO1. The third-order valence-electron chi connectivity index (χ3n) is 3.18. The molecule has 0 radical (unpaired) electrons. The number of nitrogens with two attached hydrogens (primary N) is 1. The molecule has 1 unspecified atom stereocenters. The molecule has 20 heavy (non-hydrogen) atoms. The summed E-state index contributed by atoms with van der Waals surface area (Å²) in [5, 5.41) is 0. The monoisotopic (exact) mass is 426 g/mol. The Bertz CT molecular complexity index is 584. The Morgan fingerprint density at radius 2 is 2.00 bits per heavy atom. The molecule has 2 rings (SSSR count). The molecular formula is C12H16Br2N2O3S. The Labute approximate surface area is 135 Å². The fourth-order valence-electron chi connectivity index (χ4n) is 2.11. The van der Waals surface area contributed by atoms with Gasteiger partial charge in [-0.05, 0) is 50.4 Å². The normalized spacial score (nSPS) is 21.1. The number of hydrogen-bond acceptors (Lipinski definition) is 4. The molecule has 1 heterocycles. The zero-order valence-electron chi connectivity index (χ0n) is 11.0. The highest BCUT2D eigenvalue weighted by Gasteiger charge is 2.33. The Kier molecular flexibility index (Phi) is 5.12. The highest BCUT2D eigenvalue weighted by atomic mass is 79.9. The lowest BCUT2D eigenvalue weighted by Crippen LogP contribution is -2.45. The molecule has 1 fully saturated rings. The van der Waals surface area contributed by atoms with Gasteiger partial charge in [0.25, 0.3) is 0 Å². The molecule has 1 saturated heterocycles. The quantitative estimate of drug-likeness (QED) is 0.752. The van der Waals surface area contributed by atoms with Gasteiger partial charge in [0.2, 0.25) is 10.0 Å². The molecule has 8 heteroatoms. The van der Waals surface area contributed by atoms with Crippen molar-refractivity contribution >= 4 is 47.6 Å². The van der Waals surface area contributed by atoms with Crippen LogP contribution in [-0.2, 0) is 14.8 Å². The second-order valence-electron chi connectivity index (χ2n) is 4.58. The summed E-state index contributed by atoms with van der Waals surface area (Å²) < 4.78 is 33.4. The van der Waals surface area contributed by atoms with Crippen molar-refractivity contribution in [2.24, 2.45) is 0 Å². The zero-order valence-corrected chi connectivity index (χ0v) is 15.0. The highest BCUT2D eigenvalue weighted by molar-refractivity contribution is 9.11. The molecule has 0 spiro atoms. The Morgan fingerprint density at radius 1 is 1.40 bits per heavy atom. The molecule has 0 saturated carbocycles. The first-order valence-corrected chi connectivity index (χ1v) is 9.25. The molecular weight excluding hydrogens is 412 g/mol. The topological polar surface area (TPSA) is 72.6 Å². The van der Waals surface area contributed by atoms with E-state index in [4.69, 9.17) is 10.5 Å². The molecule has 1 aliphatic rings. The van der Waals surface area contributed by atoms with E-state index in [1.807, 2.05) is 6.92 Å². The van der Waals surface area contributed by atoms with E-state index in [1.54, 1.807) is 12.1 Å².